The van der Waals surface area contributed by atoms with Gasteiger partial charge in [-0.1, -0.05) is 19.1 Å². The predicted octanol–water partition coefficient (Wildman–Crippen LogP) is 2.55. The number of benzene rings is 1. The van der Waals surface area contributed by atoms with Gasteiger partial charge in [-0.05, 0) is 62.8 Å². The number of hydrogen-bond donors (Lipinski definition) is 1. The lowest BCUT2D eigenvalue weighted by molar-refractivity contribution is -0.135. The Morgan fingerprint density at radius 3 is 2.56 bits per heavy atom. The predicted molar refractivity (Wildman–Crippen MR) is 118 cm³/mol. The lowest BCUT2D eigenvalue weighted by atomic mass is 9.87. The molecule has 1 aromatic rings. The highest BCUT2D eigenvalue weighted by atomic mass is 19.1. The highest BCUT2D eigenvalue weighted by Gasteiger charge is 2.54. The number of likely N-dealkylation sites (tertiary alicyclic amines) is 2. The molecule has 1 unspecified atom stereocenters. The minimum absolute atomic E-state index is 0.0456. The van der Waals surface area contributed by atoms with Gasteiger partial charge in [0.15, 0.2) is 0 Å². The van der Waals surface area contributed by atoms with Crippen LogP contribution in [0.4, 0.5) is 9.18 Å². The van der Waals surface area contributed by atoms with Gasteiger partial charge in [-0.15, -0.1) is 0 Å². The zero-order valence-electron chi connectivity index (χ0n) is 18.8. The Morgan fingerprint density at radius 1 is 1.16 bits per heavy atom. The molecule has 7 nitrogen and oxygen atoms in total. The third-order valence-corrected chi connectivity index (χ3v) is 7.09. The van der Waals surface area contributed by atoms with Crippen LogP contribution in [0, 0.1) is 5.82 Å². The van der Waals surface area contributed by atoms with Crippen LogP contribution in [0.2, 0.25) is 0 Å². The molecular weight excluding hydrogens is 411 g/mol. The van der Waals surface area contributed by atoms with E-state index in [1.54, 1.807) is 17.0 Å². The third kappa shape index (κ3) is 4.65. The van der Waals surface area contributed by atoms with Crippen molar-refractivity contribution in [3.05, 3.63) is 35.6 Å². The number of aryl methyl sites for hydroxylation is 1. The highest BCUT2D eigenvalue weighted by molar-refractivity contribution is 6.07. The van der Waals surface area contributed by atoms with Gasteiger partial charge in [0.25, 0.3) is 5.91 Å². The fourth-order valence-corrected chi connectivity index (χ4v) is 5.22. The number of carbonyl (C=O) groups excluding carboxylic acids is 3. The first-order valence-corrected chi connectivity index (χ1v) is 11.8. The SMILES string of the molecule is CCCN1CCC2(CC1)NC(=O)N(C1CCN(C(=O)CCCc3ccc(F)cc3)C1)C2=O. The van der Waals surface area contributed by atoms with Gasteiger partial charge in [0.05, 0.1) is 6.04 Å². The lowest BCUT2D eigenvalue weighted by Gasteiger charge is -2.37. The quantitative estimate of drug-likeness (QED) is 0.656. The first-order valence-electron chi connectivity index (χ1n) is 11.8. The molecule has 3 heterocycles. The van der Waals surface area contributed by atoms with E-state index in [2.05, 4.69) is 17.1 Å². The van der Waals surface area contributed by atoms with Crippen LogP contribution in [0.25, 0.3) is 0 Å². The van der Waals surface area contributed by atoms with Crippen molar-refractivity contribution < 1.29 is 18.8 Å². The van der Waals surface area contributed by atoms with Gasteiger partial charge in [0.1, 0.15) is 11.4 Å². The highest BCUT2D eigenvalue weighted by Crippen LogP contribution is 2.32. The van der Waals surface area contributed by atoms with Gasteiger partial charge in [0, 0.05) is 32.6 Å². The van der Waals surface area contributed by atoms with Crippen molar-refractivity contribution in [1.29, 1.82) is 0 Å². The summed E-state index contributed by atoms with van der Waals surface area (Å²) in [5, 5.41) is 2.99. The van der Waals surface area contributed by atoms with Crippen molar-refractivity contribution in [2.45, 2.75) is 63.5 Å². The smallest absolute Gasteiger partial charge is 0.325 e. The van der Waals surface area contributed by atoms with E-state index in [0.29, 0.717) is 51.6 Å². The zero-order chi connectivity index (χ0) is 22.7. The Kier molecular flexibility index (Phi) is 6.79. The summed E-state index contributed by atoms with van der Waals surface area (Å²) < 4.78 is 13.0. The van der Waals surface area contributed by atoms with E-state index in [1.165, 1.54) is 17.0 Å². The lowest BCUT2D eigenvalue weighted by Crippen LogP contribution is -2.55. The number of hydrogen-bond acceptors (Lipinski definition) is 4. The normalized spacial score (nSPS) is 23.2. The van der Waals surface area contributed by atoms with Gasteiger partial charge in [0.2, 0.25) is 5.91 Å². The molecule has 1 atom stereocenters. The molecule has 0 radical (unpaired) electrons. The van der Waals surface area contributed by atoms with Crippen molar-refractivity contribution in [2.24, 2.45) is 0 Å². The van der Waals surface area contributed by atoms with E-state index in [1.807, 2.05) is 0 Å². The monoisotopic (exact) mass is 444 g/mol. The van der Waals surface area contributed by atoms with E-state index < -0.39 is 5.54 Å². The summed E-state index contributed by atoms with van der Waals surface area (Å²) in [6, 6.07) is 5.78. The van der Waals surface area contributed by atoms with Crippen molar-refractivity contribution in [1.82, 2.24) is 20.0 Å². The number of nitrogens with one attached hydrogen (secondary N) is 1. The van der Waals surface area contributed by atoms with E-state index in [9.17, 15) is 18.8 Å². The van der Waals surface area contributed by atoms with Crippen molar-refractivity contribution in [2.75, 3.05) is 32.7 Å². The number of piperidine rings is 1. The van der Waals surface area contributed by atoms with Gasteiger partial charge in [-0.25, -0.2) is 9.18 Å². The Balaban J connectivity index is 1.28. The van der Waals surface area contributed by atoms with Gasteiger partial charge in [-0.2, -0.15) is 0 Å². The van der Waals surface area contributed by atoms with Gasteiger partial charge < -0.3 is 15.1 Å². The third-order valence-electron chi connectivity index (χ3n) is 7.09. The van der Waals surface area contributed by atoms with Crippen LogP contribution >= 0.6 is 0 Å². The van der Waals surface area contributed by atoms with Gasteiger partial charge in [-0.3, -0.25) is 14.5 Å². The number of nitrogens with zero attached hydrogens (tertiary/aromatic N) is 3. The molecule has 4 amide bonds. The standard InChI is InChI=1S/C24H33FN4O3/c1-2-13-27-15-11-24(12-16-27)22(31)29(23(32)26-24)20-10-14-28(17-20)21(30)5-3-4-18-6-8-19(25)9-7-18/h6-9,20H,2-5,10-17H2,1H3,(H,26,32). The number of amides is 4. The number of urea groups is 1. The molecule has 4 rings (SSSR count). The summed E-state index contributed by atoms with van der Waals surface area (Å²) in [6.07, 6.45) is 4.80. The molecule has 3 fully saturated rings. The van der Waals surface area contributed by atoms with E-state index in [0.717, 1.165) is 31.6 Å². The minimum Gasteiger partial charge on any atom is -0.341 e. The summed E-state index contributed by atoms with van der Waals surface area (Å²) >= 11 is 0. The summed E-state index contributed by atoms with van der Waals surface area (Å²) in [5.41, 5.74) is 0.238. The van der Waals surface area contributed by atoms with E-state index in [4.69, 9.17) is 0 Å². The van der Waals surface area contributed by atoms with E-state index in [-0.39, 0.29) is 29.7 Å². The molecule has 32 heavy (non-hydrogen) atoms. The molecule has 1 spiro atoms. The van der Waals surface area contributed by atoms with Crippen LogP contribution in [0.3, 0.4) is 0 Å². The maximum Gasteiger partial charge on any atom is 0.325 e. The molecule has 174 valence electrons. The Bertz CT molecular complexity index is 851. The second-order valence-electron chi connectivity index (χ2n) is 9.29. The van der Waals surface area contributed by atoms with E-state index >= 15 is 0 Å². The summed E-state index contributed by atoms with van der Waals surface area (Å²) in [5.74, 6) is -0.333. The maximum absolute atomic E-state index is 13.3. The van der Waals surface area contributed by atoms with Crippen LogP contribution in [0.15, 0.2) is 24.3 Å². The van der Waals surface area contributed by atoms with Crippen LogP contribution < -0.4 is 5.32 Å². The second kappa shape index (κ2) is 9.57. The number of halogens is 1. The number of rotatable bonds is 7. The van der Waals surface area contributed by atoms with Crippen LogP contribution in [-0.2, 0) is 16.0 Å². The summed E-state index contributed by atoms with van der Waals surface area (Å²) in [7, 11) is 0. The Morgan fingerprint density at radius 2 is 1.88 bits per heavy atom. The average molecular weight is 445 g/mol. The van der Waals surface area contributed by atoms with Crippen LogP contribution in [0.1, 0.15) is 51.0 Å². The Hall–Kier alpha value is -2.48. The summed E-state index contributed by atoms with van der Waals surface area (Å²) in [4.78, 5) is 44.2. The second-order valence-corrected chi connectivity index (χ2v) is 9.29. The molecule has 0 saturated carbocycles. The molecule has 0 aromatic heterocycles. The van der Waals surface area contributed by atoms with Gasteiger partial charge >= 0.3 is 6.03 Å². The fourth-order valence-electron chi connectivity index (χ4n) is 5.22. The molecule has 8 heteroatoms. The molecule has 0 bridgehead atoms. The van der Waals surface area contributed by atoms with Crippen LogP contribution in [-0.4, -0.2) is 76.8 Å². The van der Waals surface area contributed by atoms with Crippen LogP contribution in [0.5, 0.6) is 0 Å². The average Bonchev–Trinajstić information content (AvgIpc) is 3.34. The topological polar surface area (TPSA) is 73.0 Å². The largest absolute Gasteiger partial charge is 0.341 e. The molecule has 3 aliphatic rings. The number of imide groups is 1. The van der Waals surface area contributed by atoms with Crippen molar-refractivity contribution in [3.63, 3.8) is 0 Å². The maximum atomic E-state index is 13.3. The number of carbonyl (C=O) groups is 3. The molecular formula is C24H33FN4O3. The molecule has 1 N–H and O–H groups in total. The summed E-state index contributed by atoms with van der Waals surface area (Å²) in [6.45, 7) is 5.77. The first kappa shape index (κ1) is 22.7. The minimum atomic E-state index is -0.770. The molecule has 0 aliphatic carbocycles. The van der Waals surface area contributed by atoms with Crippen molar-refractivity contribution in [3.8, 4) is 0 Å². The molecule has 1 aromatic carbocycles. The fraction of sp³-hybridized carbons (Fsp3) is 0.625. The Labute approximate surface area is 188 Å². The first-order chi connectivity index (χ1) is 15.4. The molecule has 3 saturated heterocycles. The zero-order valence-corrected chi connectivity index (χ0v) is 18.8. The molecule has 3 aliphatic heterocycles. The van der Waals surface area contributed by atoms with Crippen molar-refractivity contribution >= 4 is 17.8 Å².